The van der Waals surface area contributed by atoms with Crippen molar-refractivity contribution in [2.45, 2.75) is 37.6 Å². The number of aromatic nitrogens is 4. The van der Waals surface area contributed by atoms with Crippen LogP contribution in [0.2, 0.25) is 0 Å². The van der Waals surface area contributed by atoms with Crippen molar-refractivity contribution in [1.29, 1.82) is 0 Å². The summed E-state index contributed by atoms with van der Waals surface area (Å²) in [5.74, 6) is 1.89. The van der Waals surface area contributed by atoms with E-state index >= 15 is 0 Å². The summed E-state index contributed by atoms with van der Waals surface area (Å²) in [6.07, 6.45) is 3.20. The summed E-state index contributed by atoms with van der Waals surface area (Å²) in [5, 5.41) is 5.16. The number of fused-ring (bicyclic) bond motifs is 2. The van der Waals surface area contributed by atoms with Crippen molar-refractivity contribution in [1.82, 2.24) is 19.6 Å². The minimum Gasteiger partial charge on any atom is -0.294 e. The maximum atomic E-state index is 12.2. The average Bonchev–Trinajstić information content (AvgIpc) is 2.94. The third kappa shape index (κ3) is 2.82. The smallest absolute Gasteiger partial charge is 0.253 e. The van der Waals surface area contributed by atoms with Crippen molar-refractivity contribution in [2.75, 3.05) is 0 Å². The SMILES string of the molecule is Cc1ccccc1CSc1nc2nc3c(cn2n1)C(=O)C[C@H](C)C3. The second-order valence-electron chi connectivity index (χ2n) is 6.39. The van der Waals surface area contributed by atoms with Gasteiger partial charge in [-0.3, -0.25) is 4.79 Å². The monoisotopic (exact) mass is 338 g/mol. The van der Waals surface area contributed by atoms with Gasteiger partial charge in [0, 0.05) is 18.4 Å². The molecule has 2 heterocycles. The Morgan fingerprint density at radius 1 is 1.25 bits per heavy atom. The minimum atomic E-state index is 0.155. The fourth-order valence-corrected chi connectivity index (χ4v) is 3.93. The standard InChI is InChI=1S/C18H18N4OS/c1-11-7-15-14(16(23)8-11)9-22-17(19-15)20-18(21-22)24-10-13-6-4-3-5-12(13)2/h3-6,9,11H,7-8,10H2,1-2H3/t11-/m1/s1. The Labute approximate surface area is 144 Å². The van der Waals surface area contributed by atoms with Crippen LogP contribution in [0.15, 0.2) is 35.6 Å². The Hall–Kier alpha value is -2.21. The average molecular weight is 338 g/mol. The molecular weight excluding hydrogens is 320 g/mol. The molecule has 0 radical (unpaired) electrons. The van der Waals surface area contributed by atoms with Gasteiger partial charge in [-0.2, -0.15) is 4.98 Å². The number of ketones is 1. The lowest BCUT2D eigenvalue weighted by Crippen LogP contribution is -2.20. The zero-order valence-electron chi connectivity index (χ0n) is 13.7. The number of carbonyl (C=O) groups excluding carboxylic acids is 1. The summed E-state index contributed by atoms with van der Waals surface area (Å²) in [6, 6.07) is 8.31. The molecule has 3 aromatic rings. The van der Waals surface area contributed by atoms with E-state index in [1.165, 1.54) is 11.1 Å². The highest BCUT2D eigenvalue weighted by Crippen LogP contribution is 2.26. The lowest BCUT2D eigenvalue weighted by molar-refractivity contribution is 0.0951. The van der Waals surface area contributed by atoms with Crippen molar-refractivity contribution < 1.29 is 4.79 Å². The molecule has 0 amide bonds. The molecule has 4 rings (SSSR count). The first kappa shape index (κ1) is 15.3. The third-order valence-electron chi connectivity index (χ3n) is 4.39. The molecule has 122 valence electrons. The van der Waals surface area contributed by atoms with Gasteiger partial charge in [-0.05, 0) is 30.4 Å². The number of nitrogens with zero attached hydrogens (tertiary/aromatic N) is 4. The molecule has 5 nitrogen and oxygen atoms in total. The van der Waals surface area contributed by atoms with Gasteiger partial charge in [-0.25, -0.2) is 9.50 Å². The first-order valence-corrected chi connectivity index (χ1v) is 9.05. The predicted octanol–water partition coefficient (Wildman–Crippen LogP) is 3.49. The molecule has 0 aliphatic heterocycles. The van der Waals surface area contributed by atoms with Crippen LogP contribution in [0.3, 0.4) is 0 Å². The van der Waals surface area contributed by atoms with E-state index in [0.29, 0.717) is 28.8 Å². The van der Waals surface area contributed by atoms with Crippen LogP contribution in [0.25, 0.3) is 5.78 Å². The number of aryl methyl sites for hydroxylation is 1. The van der Waals surface area contributed by atoms with Crippen molar-refractivity contribution in [3.05, 3.63) is 52.8 Å². The zero-order valence-corrected chi connectivity index (χ0v) is 14.5. The normalized spacial score (nSPS) is 17.2. The number of thioether (sulfide) groups is 1. The van der Waals surface area contributed by atoms with Gasteiger partial charge in [0.25, 0.3) is 5.78 Å². The van der Waals surface area contributed by atoms with E-state index in [4.69, 9.17) is 0 Å². The van der Waals surface area contributed by atoms with Crippen LogP contribution in [-0.2, 0) is 12.2 Å². The van der Waals surface area contributed by atoms with Crippen LogP contribution in [0.5, 0.6) is 0 Å². The highest BCUT2D eigenvalue weighted by Gasteiger charge is 2.25. The Bertz CT molecular complexity index is 934. The number of hydrogen-bond acceptors (Lipinski definition) is 5. The molecule has 1 aromatic carbocycles. The molecular formula is C18H18N4OS. The van der Waals surface area contributed by atoms with Gasteiger partial charge in [0.05, 0.1) is 11.3 Å². The van der Waals surface area contributed by atoms with Gasteiger partial charge in [0.2, 0.25) is 5.16 Å². The first-order valence-electron chi connectivity index (χ1n) is 8.07. The molecule has 24 heavy (non-hydrogen) atoms. The summed E-state index contributed by atoms with van der Waals surface area (Å²) in [4.78, 5) is 21.3. The molecule has 0 unspecified atom stereocenters. The van der Waals surface area contributed by atoms with Crippen LogP contribution in [0.1, 0.15) is 40.5 Å². The van der Waals surface area contributed by atoms with E-state index in [-0.39, 0.29) is 5.78 Å². The second-order valence-corrected chi connectivity index (χ2v) is 7.33. The molecule has 0 spiro atoms. The zero-order chi connectivity index (χ0) is 16.7. The number of Topliss-reactive ketones (excluding diaryl/α,β-unsaturated/α-hetero) is 1. The second kappa shape index (κ2) is 6.02. The van der Waals surface area contributed by atoms with Crippen molar-refractivity contribution in [2.24, 2.45) is 5.92 Å². The Morgan fingerprint density at radius 2 is 2.08 bits per heavy atom. The number of carbonyl (C=O) groups is 1. The van der Waals surface area contributed by atoms with Gasteiger partial charge >= 0.3 is 0 Å². The number of hydrogen-bond donors (Lipinski definition) is 0. The molecule has 0 bridgehead atoms. The molecule has 0 saturated carbocycles. The lowest BCUT2D eigenvalue weighted by atomic mass is 9.88. The fourth-order valence-electron chi connectivity index (χ4n) is 3.03. The van der Waals surface area contributed by atoms with Crippen molar-refractivity contribution in [3.8, 4) is 0 Å². The van der Waals surface area contributed by atoms with Gasteiger partial charge in [0.1, 0.15) is 0 Å². The summed E-state index contributed by atoms with van der Waals surface area (Å²) < 4.78 is 1.63. The maximum Gasteiger partial charge on any atom is 0.253 e. The quantitative estimate of drug-likeness (QED) is 0.684. The van der Waals surface area contributed by atoms with Crippen LogP contribution in [-0.4, -0.2) is 25.4 Å². The Kier molecular flexibility index (Phi) is 3.84. The summed E-state index contributed by atoms with van der Waals surface area (Å²) in [5.41, 5.74) is 4.09. The first-order chi connectivity index (χ1) is 11.6. The highest BCUT2D eigenvalue weighted by atomic mass is 32.2. The van der Waals surface area contributed by atoms with E-state index in [0.717, 1.165) is 17.9 Å². The fraction of sp³-hybridized carbons (Fsp3) is 0.333. The lowest BCUT2D eigenvalue weighted by Gasteiger charge is -2.18. The summed E-state index contributed by atoms with van der Waals surface area (Å²) in [6.45, 7) is 4.19. The van der Waals surface area contributed by atoms with E-state index < -0.39 is 0 Å². The summed E-state index contributed by atoms with van der Waals surface area (Å²) in [7, 11) is 0. The van der Waals surface area contributed by atoms with Crippen molar-refractivity contribution >= 4 is 23.3 Å². The molecule has 0 saturated heterocycles. The predicted molar refractivity (Wildman–Crippen MR) is 93.3 cm³/mol. The molecule has 0 N–H and O–H groups in total. The van der Waals surface area contributed by atoms with Crippen LogP contribution >= 0.6 is 11.8 Å². The minimum absolute atomic E-state index is 0.155. The van der Waals surface area contributed by atoms with E-state index in [9.17, 15) is 4.79 Å². The van der Waals surface area contributed by atoms with Crippen LogP contribution in [0, 0.1) is 12.8 Å². The molecule has 0 fully saturated rings. The van der Waals surface area contributed by atoms with E-state index in [1.54, 1.807) is 22.5 Å². The van der Waals surface area contributed by atoms with Crippen LogP contribution in [0.4, 0.5) is 0 Å². The Morgan fingerprint density at radius 3 is 2.92 bits per heavy atom. The summed E-state index contributed by atoms with van der Waals surface area (Å²) >= 11 is 1.59. The van der Waals surface area contributed by atoms with Gasteiger partial charge in [-0.1, -0.05) is 43.0 Å². The maximum absolute atomic E-state index is 12.2. The third-order valence-corrected chi connectivity index (χ3v) is 5.27. The molecule has 1 aliphatic rings. The molecule has 1 aliphatic carbocycles. The van der Waals surface area contributed by atoms with E-state index in [2.05, 4.69) is 41.0 Å². The van der Waals surface area contributed by atoms with Gasteiger partial charge < -0.3 is 0 Å². The topological polar surface area (TPSA) is 60.1 Å². The molecule has 2 aromatic heterocycles. The molecule has 6 heteroatoms. The van der Waals surface area contributed by atoms with Gasteiger partial charge in [-0.15, -0.1) is 5.10 Å². The Balaban J connectivity index is 1.62. The van der Waals surface area contributed by atoms with Crippen LogP contribution < -0.4 is 0 Å². The van der Waals surface area contributed by atoms with E-state index in [1.807, 2.05) is 12.1 Å². The molecule has 1 atom stereocenters. The number of benzene rings is 1. The van der Waals surface area contributed by atoms with Crippen molar-refractivity contribution in [3.63, 3.8) is 0 Å². The largest absolute Gasteiger partial charge is 0.294 e. The highest BCUT2D eigenvalue weighted by molar-refractivity contribution is 7.98. The van der Waals surface area contributed by atoms with Gasteiger partial charge in [0.15, 0.2) is 5.78 Å². The number of rotatable bonds is 3.